The Labute approximate surface area is 116 Å². The molecule has 2 aromatic rings. The highest BCUT2D eigenvalue weighted by Gasteiger charge is 2.13. The van der Waals surface area contributed by atoms with Gasteiger partial charge in [0, 0.05) is 6.04 Å². The van der Waals surface area contributed by atoms with Crippen molar-refractivity contribution in [2.45, 2.75) is 39.2 Å². The maximum Gasteiger partial charge on any atom is 0.0266 e. The summed E-state index contributed by atoms with van der Waals surface area (Å²) in [5, 5.41) is 0. The Morgan fingerprint density at radius 1 is 0.895 bits per heavy atom. The average molecular weight is 253 g/mol. The fourth-order valence-electron chi connectivity index (χ4n) is 2.16. The molecule has 2 aromatic carbocycles. The Balaban J connectivity index is 2.35. The molecule has 0 heterocycles. The van der Waals surface area contributed by atoms with E-state index in [-0.39, 0.29) is 11.5 Å². The lowest BCUT2D eigenvalue weighted by atomic mass is 9.86. The molecule has 0 amide bonds. The van der Waals surface area contributed by atoms with Crippen LogP contribution in [0.5, 0.6) is 0 Å². The van der Waals surface area contributed by atoms with E-state index in [0.717, 1.165) is 0 Å². The van der Waals surface area contributed by atoms with Crippen molar-refractivity contribution in [1.29, 1.82) is 0 Å². The van der Waals surface area contributed by atoms with Crippen LogP contribution < -0.4 is 5.73 Å². The molecule has 0 aromatic heterocycles. The second-order valence-corrected chi connectivity index (χ2v) is 6.24. The molecule has 0 aliphatic heterocycles. The summed E-state index contributed by atoms with van der Waals surface area (Å²) in [7, 11) is 0. The first-order chi connectivity index (χ1) is 8.88. The summed E-state index contributed by atoms with van der Waals surface area (Å²) in [4.78, 5) is 0. The highest BCUT2D eigenvalue weighted by molar-refractivity contribution is 5.64. The van der Waals surface area contributed by atoms with Crippen molar-refractivity contribution < 1.29 is 0 Å². The third-order valence-corrected chi connectivity index (χ3v) is 3.50. The second-order valence-electron chi connectivity index (χ2n) is 6.24. The quantitative estimate of drug-likeness (QED) is 0.827. The van der Waals surface area contributed by atoms with Gasteiger partial charge < -0.3 is 5.73 Å². The van der Waals surface area contributed by atoms with Crippen LogP contribution in [0.4, 0.5) is 0 Å². The first kappa shape index (κ1) is 13.8. The first-order valence-corrected chi connectivity index (χ1v) is 6.84. The summed E-state index contributed by atoms with van der Waals surface area (Å²) in [5.41, 5.74) is 11.2. The molecular weight excluding hydrogens is 230 g/mol. The first-order valence-electron chi connectivity index (χ1n) is 6.84. The van der Waals surface area contributed by atoms with Crippen molar-refractivity contribution in [3.05, 3.63) is 59.7 Å². The molecule has 0 saturated carbocycles. The normalized spacial score (nSPS) is 13.3. The van der Waals surface area contributed by atoms with Gasteiger partial charge in [-0.15, -0.1) is 0 Å². The van der Waals surface area contributed by atoms with E-state index in [1.807, 2.05) is 6.92 Å². The summed E-state index contributed by atoms with van der Waals surface area (Å²) < 4.78 is 0. The molecule has 0 fully saturated rings. The Bertz CT molecular complexity index is 545. The SMILES string of the molecule is CC(N)c1cccc(-c2ccc(C(C)(C)C)cc2)c1. The zero-order chi connectivity index (χ0) is 14.0. The molecule has 100 valence electrons. The molecule has 0 bridgehead atoms. The lowest BCUT2D eigenvalue weighted by Gasteiger charge is -2.19. The van der Waals surface area contributed by atoms with E-state index < -0.39 is 0 Å². The molecule has 0 aliphatic rings. The van der Waals surface area contributed by atoms with Crippen molar-refractivity contribution in [2.75, 3.05) is 0 Å². The van der Waals surface area contributed by atoms with Gasteiger partial charge in [-0.3, -0.25) is 0 Å². The lowest BCUT2D eigenvalue weighted by Crippen LogP contribution is -2.10. The van der Waals surface area contributed by atoms with Crippen LogP contribution in [0.2, 0.25) is 0 Å². The summed E-state index contributed by atoms with van der Waals surface area (Å²) in [6.07, 6.45) is 0. The third-order valence-electron chi connectivity index (χ3n) is 3.50. The van der Waals surface area contributed by atoms with Gasteiger partial charge in [0.15, 0.2) is 0 Å². The van der Waals surface area contributed by atoms with Crippen LogP contribution in [0.25, 0.3) is 11.1 Å². The molecule has 2 N–H and O–H groups in total. The number of hydrogen-bond acceptors (Lipinski definition) is 1. The molecule has 1 atom stereocenters. The number of hydrogen-bond donors (Lipinski definition) is 1. The minimum atomic E-state index is 0.0776. The highest BCUT2D eigenvalue weighted by atomic mass is 14.6. The van der Waals surface area contributed by atoms with Gasteiger partial charge in [0.1, 0.15) is 0 Å². The predicted molar refractivity (Wildman–Crippen MR) is 83.2 cm³/mol. The number of nitrogens with two attached hydrogens (primary N) is 1. The van der Waals surface area contributed by atoms with Gasteiger partial charge in [-0.05, 0) is 40.7 Å². The van der Waals surface area contributed by atoms with Crippen LogP contribution in [0.1, 0.15) is 44.9 Å². The Morgan fingerprint density at radius 3 is 2.05 bits per heavy atom. The number of benzene rings is 2. The van der Waals surface area contributed by atoms with Gasteiger partial charge >= 0.3 is 0 Å². The molecule has 0 radical (unpaired) electrons. The standard InChI is InChI=1S/C18H23N/c1-13(19)15-6-5-7-16(12-15)14-8-10-17(11-9-14)18(2,3)4/h5-13H,19H2,1-4H3. The molecular formula is C18H23N. The van der Waals surface area contributed by atoms with E-state index in [2.05, 4.69) is 69.3 Å². The van der Waals surface area contributed by atoms with Crippen molar-refractivity contribution in [3.63, 3.8) is 0 Å². The Morgan fingerprint density at radius 2 is 1.53 bits per heavy atom. The molecule has 19 heavy (non-hydrogen) atoms. The van der Waals surface area contributed by atoms with Gasteiger partial charge in [-0.1, -0.05) is 63.2 Å². The molecule has 0 aliphatic carbocycles. The van der Waals surface area contributed by atoms with Crippen molar-refractivity contribution in [3.8, 4) is 11.1 Å². The third kappa shape index (κ3) is 3.24. The van der Waals surface area contributed by atoms with E-state index >= 15 is 0 Å². The summed E-state index contributed by atoms with van der Waals surface area (Å²) in [6.45, 7) is 8.72. The van der Waals surface area contributed by atoms with Crippen molar-refractivity contribution >= 4 is 0 Å². The zero-order valence-corrected chi connectivity index (χ0v) is 12.3. The van der Waals surface area contributed by atoms with E-state index in [4.69, 9.17) is 5.73 Å². The summed E-state index contributed by atoms with van der Waals surface area (Å²) in [6, 6.07) is 17.4. The van der Waals surface area contributed by atoms with Crippen LogP contribution in [0.15, 0.2) is 48.5 Å². The Hall–Kier alpha value is -1.60. The highest BCUT2D eigenvalue weighted by Crippen LogP contribution is 2.27. The van der Waals surface area contributed by atoms with Crippen LogP contribution >= 0.6 is 0 Å². The van der Waals surface area contributed by atoms with E-state index in [1.165, 1.54) is 22.3 Å². The lowest BCUT2D eigenvalue weighted by molar-refractivity contribution is 0.590. The molecule has 1 nitrogen and oxygen atoms in total. The van der Waals surface area contributed by atoms with Crippen molar-refractivity contribution in [1.82, 2.24) is 0 Å². The fourth-order valence-corrected chi connectivity index (χ4v) is 2.16. The Kier molecular flexibility index (Phi) is 3.77. The maximum absolute atomic E-state index is 5.94. The monoisotopic (exact) mass is 253 g/mol. The molecule has 0 spiro atoms. The van der Waals surface area contributed by atoms with Gasteiger partial charge in [-0.25, -0.2) is 0 Å². The van der Waals surface area contributed by atoms with Gasteiger partial charge in [0.05, 0.1) is 0 Å². The van der Waals surface area contributed by atoms with E-state index in [0.29, 0.717) is 0 Å². The molecule has 0 saturated heterocycles. The smallest absolute Gasteiger partial charge is 0.0266 e. The van der Waals surface area contributed by atoms with Crippen LogP contribution in [-0.2, 0) is 5.41 Å². The van der Waals surface area contributed by atoms with Crippen LogP contribution in [0, 0.1) is 0 Å². The minimum Gasteiger partial charge on any atom is -0.324 e. The van der Waals surface area contributed by atoms with Gasteiger partial charge in [-0.2, -0.15) is 0 Å². The number of rotatable bonds is 2. The molecule has 1 heteroatoms. The molecule has 2 rings (SSSR count). The van der Waals surface area contributed by atoms with Crippen molar-refractivity contribution in [2.24, 2.45) is 5.73 Å². The second kappa shape index (κ2) is 5.18. The maximum atomic E-state index is 5.94. The van der Waals surface area contributed by atoms with Crippen LogP contribution in [-0.4, -0.2) is 0 Å². The van der Waals surface area contributed by atoms with E-state index in [9.17, 15) is 0 Å². The topological polar surface area (TPSA) is 26.0 Å². The fraction of sp³-hybridized carbons (Fsp3) is 0.333. The minimum absolute atomic E-state index is 0.0776. The predicted octanol–water partition coefficient (Wildman–Crippen LogP) is 4.67. The summed E-state index contributed by atoms with van der Waals surface area (Å²) in [5.74, 6) is 0. The largest absolute Gasteiger partial charge is 0.324 e. The summed E-state index contributed by atoms with van der Waals surface area (Å²) >= 11 is 0. The van der Waals surface area contributed by atoms with Crippen LogP contribution in [0.3, 0.4) is 0 Å². The zero-order valence-electron chi connectivity index (χ0n) is 12.3. The average Bonchev–Trinajstić information content (AvgIpc) is 2.38. The van der Waals surface area contributed by atoms with Gasteiger partial charge in [0.2, 0.25) is 0 Å². The molecule has 1 unspecified atom stereocenters. The van der Waals surface area contributed by atoms with E-state index in [1.54, 1.807) is 0 Å². The van der Waals surface area contributed by atoms with Gasteiger partial charge in [0.25, 0.3) is 0 Å².